The predicted octanol–water partition coefficient (Wildman–Crippen LogP) is 1.14. The van der Waals surface area contributed by atoms with Crippen molar-refractivity contribution in [3.63, 3.8) is 0 Å². The SMILES string of the molecule is CC(C)(C)N(CCF)CC(=O)O. The van der Waals surface area contributed by atoms with Gasteiger partial charge in [0.15, 0.2) is 0 Å². The summed E-state index contributed by atoms with van der Waals surface area (Å²) >= 11 is 0. The molecule has 12 heavy (non-hydrogen) atoms. The highest BCUT2D eigenvalue weighted by atomic mass is 19.1. The van der Waals surface area contributed by atoms with Crippen LogP contribution in [-0.4, -0.2) is 41.3 Å². The number of hydrogen-bond acceptors (Lipinski definition) is 2. The van der Waals surface area contributed by atoms with Crippen LogP contribution in [-0.2, 0) is 4.79 Å². The van der Waals surface area contributed by atoms with E-state index in [4.69, 9.17) is 5.11 Å². The van der Waals surface area contributed by atoms with Crippen molar-refractivity contribution in [2.24, 2.45) is 0 Å². The maximum atomic E-state index is 12.0. The molecule has 0 saturated heterocycles. The molecular weight excluding hydrogens is 161 g/mol. The molecular formula is C8H16FNO2. The van der Waals surface area contributed by atoms with Crippen LogP contribution < -0.4 is 0 Å². The van der Waals surface area contributed by atoms with Crippen LogP contribution in [0.4, 0.5) is 4.39 Å². The van der Waals surface area contributed by atoms with Gasteiger partial charge in [0.1, 0.15) is 6.67 Å². The Morgan fingerprint density at radius 1 is 1.50 bits per heavy atom. The summed E-state index contributed by atoms with van der Waals surface area (Å²) in [5.41, 5.74) is -0.287. The first-order valence-electron chi connectivity index (χ1n) is 3.90. The van der Waals surface area contributed by atoms with Gasteiger partial charge in [0.2, 0.25) is 0 Å². The van der Waals surface area contributed by atoms with E-state index >= 15 is 0 Å². The minimum atomic E-state index is -0.918. The summed E-state index contributed by atoms with van der Waals surface area (Å²) in [6.45, 7) is 5.16. The summed E-state index contributed by atoms with van der Waals surface area (Å²) in [5, 5.41) is 8.51. The van der Waals surface area contributed by atoms with E-state index in [-0.39, 0.29) is 18.6 Å². The third-order valence-corrected chi connectivity index (χ3v) is 1.63. The van der Waals surface area contributed by atoms with Gasteiger partial charge in [0.05, 0.1) is 6.54 Å². The number of rotatable bonds is 4. The lowest BCUT2D eigenvalue weighted by atomic mass is 10.1. The Kier molecular flexibility index (Phi) is 4.17. The van der Waals surface area contributed by atoms with E-state index in [0.717, 1.165) is 0 Å². The first-order chi connectivity index (χ1) is 5.38. The van der Waals surface area contributed by atoms with Crippen molar-refractivity contribution in [2.45, 2.75) is 26.3 Å². The molecule has 0 aliphatic heterocycles. The van der Waals surface area contributed by atoms with Gasteiger partial charge < -0.3 is 5.11 Å². The Labute approximate surface area is 72.2 Å². The standard InChI is InChI=1S/C8H16FNO2/c1-8(2,3)10(5-4-9)6-7(11)12/h4-6H2,1-3H3,(H,11,12). The van der Waals surface area contributed by atoms with Gasteiger partial charge in [0.25, 0.3) is 0 Å². The normalized spacial score (nSPS) is 12.1. The second-order valence-electron chi connectivity index (χ2n) is 3.68. The number of carboxylic acids is 1. The lowest BCUT2D eigenvalue weighted by molar-refractivity contribution is -0.139. The van der Waals surface area contributed by atoms with Crippen molar-refractivity contribution < 1.29 is 14.3 Å². The minimum Gasteiger partial charge on any atom is -0.480 e. The van der Waals surface area contributed by atoms with Gasteiger partial charge in [0, 0.05) is 12.1 Å². The summed E-state index contributed by atoms with van der Waals surface area (Å²) in [4.78, 5) is 12.0. The van der Waals surface area contributed by atoms with Gasteiger partial charge in [-0.3, -0.25) is 9.69 Å². The molecule has 0 aromatic heterocycles. The third kappa shape index (κ3) is 4.28. The largest absolute Gasteiger partial charge is 0.480 e. The zero-order valence-corrected chi connectivity index (χ0v) is 7.80. The molecule has 4 heteroatoms. The predicted molar refractivity (Wildman–Crippen MR) is 44.9 cm³/mol. The van der Waals surface area contributed by atoms with Crippen molar-refractivity contribution in [3.8, 4) is 0 Å². The van der Waals surface area contributed by atoms with Gasteiger partial charge in [-0.1, -0.05) is 0 Å². The number of halogens is 1. The van der Waals surface area contributed by atoms with E-state index in [0.29, 0.717) is 0 Å². The molecule has 0 unspecified atom stereocenters. The fourth-order valence-electron chi connectivity index (χ4n) is 0.917. The first-order valence-corrected chi connectivity index (χ1v) is 3.90. The summed E-state index contributed by atoms with van der Waals surface area (Å²) in [6, 6.07) is 0. The van der Waals surface area contributed by atoms with Crippen molar-refractivity contribution in [3.05, 3.63) is 0 Å². The Morgan fingerprint density at radius 3 is 2.25 bits per heavy atom. The van der Waals surface area contributed by atoms with Crippen LogP contribution in [0.1, 0.15) is 20.8 Å². The van der Waals surface area contributed by atoms with Crippen LogP contribution in [0.3, 0.4) is 0 Å². The van der Waals surface area contributed by atoms with Crippen molar-refractivity contribution in [2.75, 3.05) is 19.8 Å². The van der Waals surface area contributed by atoms with Crippen LogP contribution in [0.15, 0.2) is 0 Å². The smallest absolute Gasteiger partial charge is 0.317 e. The van der Waals surface area contributed by atoms with Gasteiger partial charge in [-0.05, 0) is 20.8 Å². The monoisotopic (exact) mass is 177 g/mol. The van der Waals surface area contributed by atoms with Crippen LogP contribution in [0.2, 0.25) is 0 Å². The Bertz CT molecular complexity index is 154. The number of alkyl halides is 1. The van der Waals surface area contributed by atoms with Gasteiger partial charge in [-0.2, -0.15) is 0 Å². The van der Waals surface area contributed by atoms with Crippen molar-refractivity contribution in [1.82, 2.24) is 4.90 Å². The molecule has 0 radical (unpaired) electrons. The van der Waals surface area contributed by atoms with Crippen molar-refractivity contribution >= 4 is 5.97 Å². The molecule has 0 rings (SSSR count). The lowest BCUT2D eigenvalue weighted by Crippen LogP contribution is -2.45. The molecule has 1 N–H and O–H groups in total. The lowest BCUT2D eigenvalue weighted by Gasteiger charge is -2.33. The van der Waals surface area contributed by atoms with Gasteiger partial charge >= 0.3 is 5.97 Å². The van der Waals surface area contributed by atoms with Gasteiger partial charge in [-0.15, -0.1) is 0 Å². The second kappa shape index (κ2) is 4.40. The maximum absolute atomic E-state index is 12.0. The van der Waals surface area contributed by atoms with Crippen molar-refractivity contribution in [1.29, 1.82) is 0 Å². The van der Waals surface area contributed by atoms with E-state index in [1.807, 2.05) is 20.8 Å². The first kappa shape index (κ1) is 11.4. The molecule has 0 atom stereocenters. The molecule has 0 aliphatic carbocycles. The molecule has 0 aromatic carbocycles. The summed E-state index contributed by atoms with van der Waals surface area (Å²) in [5.74, 6) is -0.918. The quantitative estimate of drug-likeness (QED) is 0.700. The molecule has 3 nitrogen and oxygen atoms in total. The Balaban J connectivity index is 4.13. The molecule has 0 spiro atoms. The fraction of sp³-hybridized carbons (Fsp3) is 0.875. The third-order valence-electron chi connectivity index (χ3n) is 1.63. The number of aliphatic carboxylic acids is 1. The molecule has 0 bridgehead atoms. The summed E-state index contributed by atoms with van der Waals surface area (Å²) in [6.07, 6.45) is 0. The number of nitrogens with zero attached hydrogens (tertiary/aromatic N) is 1. The van der Waals surface area contributed by atoms with Crippen LogP contribution in [0.5, 0.6) is 0 Å². The average Bonchev–Trinajstić information content (AvgIpc) is 1.83. The zero-order chi connectivity index (χ0) is 9.78. The summed E-state index contributed by atoms with van der Waals surface area (Å²) < 4.78 is 12.0. The van der Waals surface area contributed by atoms with E-state index in [1.165, 1.54) is 0 Å². The molecule has 0 amide bonds. The van der Waals surface area contributed by atoms with E-state index in [2.05, 4.69) is 0 Å². The summed E-state index contributed by atoms with van der Waals surface area (Å²) in [7, 11) is 0. The highest BCUT2D eigenvalue weighted by Crippen LogP contribution is 2.11. The van der Waals surface area contributed by atoms with Crippen LogP contribution in [0, 0.1) is 0 Å². The topological polar surface area (TPSA) is 40.5 Å². The highest BCUT2D eigenvalue weighted by Gasteiger charge is 2.22. The fourth-order valence-corrected chi connectivity index (χ4v) is 0.917. The molecule has 0 fully saturated rings. The van der Waals surface area contributed by atoms with Crippen LogP contribution in [0.25, 0.3) is 0 Å². The zero-order valence-electron chi connectivity index (χ0n) is 7.80. The molecule has 0 aliphatic rings. The average molecular weight is 177 g/mol. The highest BCUT2D eigenvalue weighted by molar-refractivity contribution is 5.69. The Morgan fingerprint density at radius 2 is 2.00 bits per heavy atom. The van der Waals surface area contributed by atoms with E-state index in [1.54, 1.807) is 4.90 Å². The molecule has 0 saturated carbocycles. The number of hydrogen-bond donors (Lipinski definition) is 1. The Hall–Kier alpha value is -0.640. The second-order valence-corrected chi connectivity index (χ2v) is 3.68. The maximum Gasteiger partial charge on any atom is 0.317 e. The van der Waals surface area contributed by atoms with Gasteiger partial charge in [-0.25, -0.2) is 4.39 Å². The molecule has 72 valence electrons. The number of carbonyl (C=O) groups is 1. The van der Waals surface area contributed by atoms with E-state index in [9.17, 15) is 9.18 Å². The molecule has 0 heterocycles. The van der Waals surface area contributed by atoms with E-state index < -0.39 is 12.6 Å². The molecule has 0 aromatic rings. The minimum absolute atomic E-state index is 0.104. The van der Waals surface area contributed by atoms with Crippen LogP contribution >= 0.6 is 0 Å². The number of carboxylic acid groups (broad SMARTS) is 1.